The molecule has 0 unspecified atom stereocenters. The van der Waals surface area contributed by atoms with E-state index in [2.05, 4.69) is 27.9 Å². The van der Waals surface area contributed by atoms with E-state index in [1.165, 1.54) is 0 Å². The first-order valence-electron chi connectivity index (χ1n) is 6.76. The van der Waals surface area contributed by atoms with Gasteiger partial charge in [-0.2, -0.15) is 0 Å². The van der Waals surface area contributed by atoms with Gasteiger partial charge in [-0.15, -0.1) is 0 Å². The van der Waals surface area contributed by atoms with Crippen molar-refractivity contribution < 1.29 is 29.6 Å². The van der Waals surface area contributed by atoms with E-state index >= 15 is 0 Å². The van der Waals surface area contributed by atoms with Gasteiger partial charge in [-0.05, 0) is 65.4 Å². The number of nitrogens with one attached hydrogen (secondary N) is 1. The number of hydrogen-bond acceptors (Lipinski definition) is 6. The van der Waals surface area contributed by atoms with Crippen LogP contribution in [0.25, 0.3) is 0 Å². The van der Waals surface area contributed by atoms with Crippen molar-refractivity contribution in [2.24, 2.45) is 0 Å². The number of amides is 1. The number of rotatable bonds is 4. The van der Waals surface area contributed by atoms with Crippen LogP contribution in [0.5, 0.6) is 17.2 Å². The highest BCUT2D eigenvalue weighted by molar-refractivity contribution is 14.1. The minimum Gasteiger partial charge on any atom is -0.504 e. The van der Waals surface area contributed by atoms with Gasteiger partial charge in [-0.1, -0.05) is 0 Å². The number of anilines is 1. The summed E-state index contributed by atoms with van der Waals surface area (Å²) in [5.74, 6) is -3.52. The number of aromatic hydroxyl groups is 3. The van der Waals surface area contributed by atoms with Crippen molar-refractivity contribution >= 4 is 40.2 Å². The Bertz CT molecular complexity index is 782. The molecule has 0 aliphatic carbocycles. The molecule has 2 aromatic rings. The lowest BCUT2D eigenvalue weighted by Crippen LogP contribution is -2.21. The van der Waals surface area contributed by atoms with Gasteiger partial charge in [0.25, 0.3) is 5.91 Å². The van der Waals surface area contributed by atoms with Crippen LogP contribution in [0.3, 0.4) is 0 Å². The highest BCUT2D eigenvalue weighted by Gasteiger charge is 2.16. The molecule has 0 saturated heterocycles. The van der Waals surface area contributed by atoms with Crippen molar-refractivity contribution in [3.8, 4) is 17.2 Å². The lowest BCUT2D eigenvalue weighted by molar-refractivity contribution is -0.119. The summed E-state index contributed by atoms with van der Waals surface area (Å²) < 4.78 is 5.85. The van der Waals surface area contributed by atoms with Crippen LogP contribution < -0.4 is 5.32 Å². The van der Waals surface area contributed by atoms with Crippen LogP contribution in [0.15, 0.2) is 30.3 Å². The summed E-state index contributed by atoms with van der Waals surface area (Å²) in [4.78, 5) is 23.7. The molecule has 4 N–H and O–H groups in total. The second-order valence-corrected chi connectivity index (χ2v) is 6.19. The number of halogens is 1. The van der Waals surface area contributed by atoms with Crippen molar-refractivity contribution in [3.05, 3.63) is 45.0 Å². The van der Waals surface area contributed by atoms with E-state index in [1.807, 2.05) is 19.1 Å². The lowest BCUT2D eigenvalue weighted by atomic mass is 10.2. The molecule has 0 aromatic heterocycles. The smallest absolute Gasteiger partial charge is 0.338 e. The normalized spacial score (nSPS) is 10.2. The van der Waals surface area contributed by atoms with E-state index in [4.69, 9.17) is 4.74 Å². The molecule has 0 radical (unpaired) electrons. The molecule has 0 spiro atoms. The third kappa shape index (κ3) is 4.28. The maximum atomic E-state index is 11.8. The van der Waals surface area contributed by atoms with E-state index in [-0.39, 0.29) is 5.56 Å². The molecular weight excluding hydrogens is 429 g/mol. The minimum absolute atomic E-state index is 0.193. The quantitative estimate of drug-likeness (QED) is 0.328. The highest BCUT2D eigenvalue weighted by Crippen LogP contribution is 2.35. The fourth-order valence-electron chi connectivity index (χ4n) is 1.89. The van der Waals surface area contributed by atoms with Crippen molar-refractivity contribution in [1.82, 2.24) is 0 Å². The molecular formula is C16H14INO6. The Hall–Kier alpha value is -2.49. The third-order valence-electron chi connectivity index (χ3n) is 3.10. The summed E-state index contributed by atoms with van der Waals surface area (Å²) in [7, 11) is 0. The van der Waals surface area contributed by atoms with Crippen LogP contribution in [-0.4, -0.2) is 33.8 Å². The van der Waals surface area contributed by atoms with Gasteiger partial charge in [0.1, 0.15) is 0 Å². The monoisotopic (exact) mass is 443 g/mol. The second kappa shape index (κ2) is 7.39. The molecule has 2 rings (SSSR count). The maximum absolute atomic E-state index is 11.8. The van der Waals surface area contributed by atoms with E-state index < -0.39 is 35.7 Å². The number of benzene rings is 2. The van der Waals surface area contributed by atoms with Gasteiger partial charge in [0, 0.05) is 9.26 Å². The van der Waals surface area contributed by atoms with Crippen LogP contribution in [-0.2, 0) is 9.53 Å². The van der Waals surface area contributed by atoms with E-state index in [0.717, 1.165) is 21.3 Å². The molecule has 0 bridgehead atoms. The molecule has 0 fully saturated rings. The van der Waals surface area contributed by atoms with E-state index in [1.54, 1.807) is 6.07 Å². The number of carbonyl (C=O) groups excluding carboxylic acids is 2. The Morgan fingerprint density at radius 2 is 1.75 bits per heavy atom. The molecule has 1 amide bonds. The standard InChI is InChI=1S/C16H14INO6/c1-8-4-10(17)2-3-11(8)18-14(21)7-24-16(23)9-5-12(19)15(22)13(20)6-9/h2-6,19-20,22H,7H2,1H3,(H,18,21). The molecule has 2 aromatic carbocycles. The summed E-state index contributed by atoms with van der Waals surface area (Å²) in [6, 6.07) is 7.32. The Morgan fingerprint density at radius 1 is 1.12 bits per heavy atom. The predicted octanol–water partition coefficient (Wildman–Crippen LogP) is 2.51. The number of phenols is 3. The van der Waals surface area contributed by atoms with Gasteiger partial charge in [0.05, 0.1) is 5.56 Å². The van der Waals surface area contributed by atoms with Gasteiger partial charge in [0.2, 0.25) is 0 Å². The predicted molar refractivity (Wildman–Crippen MR) is 94.2 cm³/mol. The number of aryl methyl sites for hydroxylation is 1. The van der Waals surface area contributed by atoms with Gasteiger partial charge in [-0.3, -0.25) is 4.79 Å². The first-order valence-corrected chi connectivity index (χ1v) is 7.84. The molecule has 8 heteroatoms. The number of esters is 1. The van der Waals surface area contributed by atoms with Gasteiger partial charge < -0.3 is 25.4 Å². The summed E-state index contributed by atoms with van der Waals surface area (Å²) in [5, 5.41) is 30.6. The maximum Gasteiger partial charge on any atom is 0.338 e. The van der Waals surface area contributed by atoms with Crippen LogP contribution in [0, 0.1) is 10.5 Å². The SMILES string of the molecule is Cc1cc(I)ccc1NC(=O)COC(=O)c1cc(O)c(O)c(O)c1. The molecule has 0 heterocycles. The summed E-state index contributed by atoms with van der Waals surface area (Å²) in [5.41, 5.74) is 1.28. The van der Waals surface area contributed by atoms with Crippen molar-refractivity contribution in [2.45, 2.75) is 6.92 Å². The summed E-state index contributed by atoms with van der Waals surface area (Å²) >= 11 is 2.15. The average molecular weight is 443 g/mol. The van der Waals surface area contributed by atoms with E-state index in [0.29, 0.717) is 5.69 Å². The fraction of sp³-hybridized carbons (Fsp3) is 0.125. The molecule has 24 heavy (non-hydrogen) atoms. The highest BCUT2D eigenvalue weighted by atomic mass is 127. The van der Waals surface area contributed by atoms with Crippen molar-refractivity contribution in [3.63, 3.8) is 0 Å². The van der Waals surface area contributed by atoms with Crippen LogP contribution in [0.2, 0.25) is 0 Å². The first-order chi connectivity index (χ1) is 11.3. The number of carbonyl (C=O) groups is 2. The molecule has 0 aliphatic rings. The Labute approximate surface area is 151 Å². The summed E-state index contributed by atoms with van der Waals surface area (Å²) in [6.45, 7) is 1.30. The summed E-state index contributed by atoms with van der Waals surface area (Å²) in [6.07, 6.45) is 0. The molecule has 7 nitrogen and oxygen atoms in total. The van der Waals surface area contributed by atoms with Crippen LogP contribution >= 0.6 is 22.6 Å². The zero-order chi connectivity index (χ0) is 17.9. The Kier molecular flexibility index (Phi) is 5.50. The van der Waals surface area contributed by atoms with Crippen LogP contribution in [0.1, 0.15) is 15.9 Å². The zero-order valence-electron chi connectivity index (χ0n) is 12.5. The molecule has 0 atom stereocenters. The molecule has 0 aliphatic heterocycles. The van der Waals surface area contributed by atoms with Gasteiger partial charge >= 0.3 is 5.97 Å². The minimum atomic E-state index is -0.921. The van der Waals surface area contributed by atoms with Crippen molar-refractivity contribution in [2.75, 3.05) is 11.9 Å². The van der Waals surface area contributed by atoms with Gasteiger partial charge in [-0.25, -0.2) is 4.79 Å². The average Bonchev–Trinajstić information content (AvgIpc) is 2.52. The molecule has 126 valence electrons. The lowest BCUT2D eigenvalue weighted by Gasteiger charge is -2.10. The topological polar surface area (TPSA) is 116 Å². The Morgan fingerprint density at radius 3 is 2.33 bits per heavy atom. The van der Waals surface area contributed by atoms with Gasteiger partial charge in [0.15, 0.2) is 23.9 Å². The second-order valence-electron chi connectivity index (χ2n) is 4.95. The van der Waals surface area contributed by atoms with Crippen LogP contribution in [0.4, 0.5) is 5.69 Å². The zero-order valence-corrected chi connectivity index (χ0v) is 14.7. The number of phenolic OH excluding ortho intramolecular Hbond substituents is 3. The number of hydrogen-bond donors (Lipinski definition) is 4. The number of ether oxygens (including phenoxy) is 1. The van der Waals surface area contributed by atoms with Crippen molar-refractivity contribution in [1.29, 1.82) is 0 Å². The first kappa shape index (κ1) is 17.9. The third-order valence-corrected chi connectivity index (χ3v) is 3.77. The largest absolute Gasteiger partial charge is 0.504 e. The van der Waals surface area contributed by atoms with E-state index in [9.17, 15) is 24.9 Å². The fourth-order valence-corrected chi connectivity index (χ4v) is 2.54. The molecule has 0 saturated carbocycles. The Balaban J connectivity index is 1.97.